The van der Waals surface area contributed by atoms with Crippen LogP contribution in [0.25, 0.3) is 0 Å². The molecule has 0 amide bonds. The summed E-state index contributed by atoms with van der Waals surface area (Å²) in [4.78, 5) is 55.9. The van der Waals surface area contributed by atoms with Crippen molar-refractivity contribution in [3.63, 3.8) is 0 Å². The van der Waals surface area contributed by atoms with Gasteiger partial charge in [-0.1, -0.05) is 6.92 Å². The van der Waals surface area contributed by atoms with Gasteiger partial charge in [-0.05, 0) is 69.2 Å². The zero-order valence-electron chi connectivity index (χ0n) is 30.5. The van der Waals surface area contributed by atoms with Crippen LogP contribution in [-0.2, 0) is 19.3 Å². The molecule has 0 saturated carbocycles. The summed E-state index contributed by atoms with van der Waals surface area (Å²) in [5.74, 6) is 4.71. The van der Waals surface area contributed by atoms with Crippen molar-refractivity contribution in [3.8, 4) is 0 Å². The first kappa shape index (κ1) is 44.5. The van der Waals surface area contributed by atoms with Gasteiger partial charge in [0, 0.05) is 6.42 Å². The number of aromatic nitrogens is 15. The van der Waals surface area contributed by atoms with Gasteiger partial charge in [0.25, 0.3) is 6.43 Å². The Labute approximate surface area is 296 Å². The number of hydrogen-bond acceptors (Lipinski definition) is 16. The van der Waals surface area contributed by atoms with Crippen molar-refractivity contribution < 1.29 is 26.3 Å². The van der Waals surface area contributed by atoms with Crippen LogP contribution >= 0.6 is 0 Å². The highest BCUT2D eigenvalue weighted by Gasteiger charge is 2.35. The molecule has 0 radical (unpaired) electrons. The molecule has 0 unspecified atom stereocenters. The lowest BCUT2D eigenvalue weighted by atomic mass is 10.4. The maximum absolute atomic E-state index is 12.0. The van der Waals surface area contributed by atoms with Gasteiger partial charge < -0.3 is 5.73 Å². The lowest BCUT2D eigenvalue weighted by molar-refractivity contribution is -0.145. The van der Waals surface area contributed by atoms with Crippen LogP contribution in [0, 0.1) is 69.2 Å². The summed E-state index contributed by atoms with van der Waals surface area (Å²) in [6.45, 7) is 18.5. The average molecular weight is 739 g/mol. The summed E-state index contributed by atoms with van der Waals surface area (Å²) in [6.07, 6.45) is -6.30. The third-order valence-corrected chi connectivity index (χ3v) is 5.31. The third kappa shape index (κ3) is 17.9. The number of alkyl halides is 6. The molecule has 0 aliphatic rings. The quantitative estimate of drug-likeness (QED) is 0.240. The third-order valence-electron chi connectivity index (χ3n) is 5.31. The molecule has 22 heteroatoms. The van der Waals surface area contributed by atoms with Gasteiger partial charge in [0.15, 0.2) is 5.82 Å². The Morgan fingerprint density at radius 3 is 1.06 bits per heavy atom. The minimum atomic E-state index is -4.49. The van der Waals surface area contributed by atoms with Crippen molar-refractivity contribution in [2.45, 2.75) is 102 Å². The molecule has 282 valence electrons. The van der Waals surface area contributed by atoms with Gasteiger partial charge in [-0.2, -0.15) is 23.1 Å². The molecule has 0 atom stereocenters. The Morgan fingerprint density at radius 2 is 0.769 bits per heavy atom. The zero-order chi connectivity index (χ0) is 39.8. The SMILES string of the molecule is CCc1nc(C)nc(C)n1.Cc1nc(C)nc(C(F)(F)F)n1.Cc1nc(C)nc(C)n1.Cc1nc(C)nc(CF)n1.Cc1nc(N)nc(C(F)F)n1. The Kier molecular flexibility index (Phi) is 17.9. The van der Waals surface area contributed by atoms with Crippen LogP contribution in [0.2, 0.25) is 0 Å². The van der Waals surface area contributed by atoms with E-state index in [1.54, 1.807) is 13.8 Å². The van der Waals surface area contributed by atoms with Crippen molar-refractivity contribution in [1.29, 1.82) is 0 Å². The maximum atomic E-state index is 12.0. The smallest absolute Gasteiger partial charge is 0.368 e. The fourth-order valence-electron chi connectivity index (χ4n) is 3.72. The minimum absolute atomic E-state index is 0.0785. The van der Waals surface area contributed by atoms with E-state index in [2.05, 4.69) is 74.8 Å². The van der Waals surface area contributed by atoms with Crippen LogP contribution in [-0.4, -0.2) is 74.8 Å². The molecule has 0 aliphatic heterocycles. The van der Waals surface area contributed by atoms with E-state index in [0.29, 0.717) is 11.6 Å². The van der Waals surface area contributed by atoms with Gasteiger partial charge in [0.05, 0.1) is 0 Å². The lowest BCUT2D eigenvalue weighted by Gasteiger charge is -2.04. The zero-order valence-corrected chi connectivity index (χ0v) is 30.5. The van der Waals surface area contributed by atoms with E-state index in [-0.39, 0.29) is 29.2 Å². The molecule has 5 aromatic rings. The monoisotopic (exact) mass is 738 g/mol. The summed E-state index contributed by atoms with van der Waals surface area (Å²) in [5.41, 5.74) is 5.10. The topological polar surface area (TPSA) is 219 Å². The first-order valence-electron chi connectivity index (χ1n) is 15.2. The van der Waals surface area contributed by atoms with E-state index >= 15 is 0 Å². The van der Waals surface area contributed by atoms with E-state index in [0.717, 1.165) is 41.4 Å². The van der Waals surface area contributed by atoms with Gasteiger partial charge >= 0.3 is 6.18 Å². The summed E-state index contributed by atoms with van der Waals surface area (Å²) in [5, 5.41) is 0. The van der Waals surface area contributed by atoms with Crippen LogP contribution in [0.3, 0.4) is 0 Å². The van der Waals surface area contributed by atoms with Crippen LogP contribution in [0.1, 0.15) is 94.9 Å². The molecule has 0 bridgehead atoms. The first-order valence-corrected chi connectivity index (χ1v) is 15.2. The van der Waals surface area contributed by atoms with Gasteiger partial charge in [0.2, 0.25) is 17.6 Å². The van der Waals surface area contributed by atoms with Gasteiger partial charge in [-0.25, -0.2) is 78.0 Å². The van der Waals surface area contributed by atoms with Crippen LogP contribution in [0.4, 0.5) is 32.3 Å². The molecule has 16 nitrogen and oxygen atoms in total. The summed E-state index contributed by atoms with van der Waals surface area (Å²) in [7, 11) is 0. The van der Waals surface area contributed by atoms with E-state index in [1.165, 1.54) is 20.8 Å². The van der Waals surface area contributed by atoms with Crippen LogP contribution < -0.4 is 5.73 Å². The Balaban J connectivity index is 0.000000326. The van der Waals surface area contributed by atoms with E-state index in [4.69, 9.17) is 5.73 Å². The van der Waals surface area contributed by atoms with E-state index in [1.807, 2.05) is 41.5 Å². The van der Waals surface area contributed by atoms with Gasteiger partial charge in [0.1, 0.15) is 70.7 Å². The van der Waals surface area contributed by atoms with Crippen molar-refractivity contribution >= 4 is 5.95 Å². The fourth-order valence-corrected chi connectivity index (χ4v) is 3.72. The number of hydrogen-bond donors (Lipinski definition) is 1. The highest BCUT2D eigenvalue weighted by atomic mass is 19.4. The second kappa shape index (κ2) is 20.9. The lowest BCUT2D eigenvalue weighted by Crippen LogP contribution is -2.13. The summed E-state index contributed by atoms with van der Waals surface area (Å²) < 4.78 is 71.8. The van der Waals surface area contributed by atoms with Crippen molar-refractivity contribution in [1.82, 2.24) is 74.8 Å². The van der Waals surface area contributed by atoms with E-state index < -0.39 is 30.9 Å². The number of nitrogen functional groups attached to an aromatic ring is 1. The molecule has 52 heavy (non-hydrogen) atoms. The highest BCUT2D eigenvalue weighted by Crippen LogP contribution is 2.25. The minimum Gasteiger partial charge on any atom is -0.368 e. The predicted molar refractivity (Wildman–Crippen MR) is 175 cm³/mol. The largest absolute Gasteiger partial charge is 0.451 e. The van der Waals surface area contributed by atoms with Crippen molar-refractivity contribution in [3.05, 3.63) is 81.5 Å². The molecule has 5 rings (SSSR count). The molecule has 0 fully saturated rings. The molecule has 5 aromatic heterocycles. The predicted octanol–water partition coefficient (Wildman–Crippen LogP) is 5.01. The number of nitrogens with two attached hydrogens (primary N) is 1. The number of nitrogens with zero attached hydrogens (tertiary/aromatic N) is 15. The van der Waals surface area contributed by atoms with Gasteiger partial charge in [-0.3, -0.25) is 0 Å². The first-order chi connectivity index (χ1) is 24.1. The molecule has 5 heterocycles. The number of halogens is 6. The standard InChI is InChI=1S/C7H11N3.C6H6F3N3.C6H8FN3.C6H9N3.C5H6F2N4/c1-4-7-9-5(2)8-6(3)10-7;1-3-10-4(2)12-5(11-3)6(7,8)9;1-4-8-5(2)10-6(3-7)9-4;1-4-7-5(2)9-6(3)8-4;1-2-9-4(3(6)7)11-5(8)10-2/h4H2,1-3H3;1-2H3;3H2,1-2H3;1-3H3;3H,1H3,(H2,8,9,10,11). The Bertz CT molecular complexity index is 1690. The maximum Gasteiger partial charge on any atom is 0.451 e. The normalized spacial score (nSPS) is 10.4. The number of anilines is 1. The molecule has 2 N–H and O–H groups in total. The molecule has 0 aliphatic carbocycles. The second-order valence-electron chi connectivity index (χ2n) is 10.3. The summed E-state index contributed by atoms with van der Waals surface area (Å²) >= 11 is 0. The highest BCUT2D eigenvalue weighted by molar-refractivity contribution is 5.15. The van der Waals surface area contributed by atoms with Crippen molar-refractivity contribution in [2.75, 3.05) is 5.73 Å². The molecular weight excluding hydrogens is 698 g/mol. The summed E-state index contributed by atoms with van der Waals surface area (Å²) in [6, 6.07) is 0. The average Bonchev–Trinajstić information content (AvgIpc) is 2.99. The molecule has 0 aromatic carbocycles. The Hall–Kier alpha value is -5.57. The number of rotatable bonds is 3. The molecule has 0 saturated heterocycles. The molecular formula is C30H40F6N16. The number of aryl methyl sites for hydroxylation is 11. The van der Waals surface area contributed by atoms with Crippen LogP contribution in [0.15, 0.2) is 0 Å². The van der Waals surface area contributed by atoms with E-state index in [9.17, 15) is 26.3 Å². The van der Waals surface area contributed by atoms with Gasteiger partial charge in [-0.15, -0.1) is 0 Å². The molecule has 0 spiro atoms. The Morgan fingerprint density at radius 1 is 0.462 bits per heavy atom. The second-order valence-corrected chi connectivity index (χ2v) is 10.3. The van der Waals surface area contributed by atoms with Crippen LogP contribution in [0.5, 0.6) is 0 Å². The fraction of sp³-hybridized carbons (Fsp3) is 0.500. The van der Waals surface area contributed by atoms with Crippen molar-refractivity contribution in [2.24, 2.45) is 0 Å².